The third-order valence-electron chi connectivity index (χ3n) is 2.35. The Balaban J connectivity index is 0.00000361. The molecule has 112 valence electrons. The fourth-order valence-electron chi connectivity index (χ4n) is 1.46. The quantitative estimate of drug-likeness (QED) is 0.774. The van der Waals surface area contributed by atoms with Crippen molar-refractivity contribution in [2.75, 3.05) is 11.9 Å². The van der Waals surface area contributed by atoms with Crippen molar-refractivity contribution in [2.24, 2.45) is 5.73 Å². The molecule has 0 radical (unpaired) electrons. The van der Waals surface area contributed by atoms with Crippen LogP contribution in [0, 0.1) is 6.92 Å². The van der Waals surface area contributed by atoms with Gasteiger partial charge in [0.15, 0.2) is 0 Å². The molecule has 0 saturated heterocycles. The Hall–Kier alpha value is -1.30. The SMILES string of the molecule is Cc1ccc(NC(=O)CNC(=O)CC(C)N)c(Cl)c1.Cl. The first-order chi connectivity index (χ1) is 8.88. The minimum absolute atomic E-state index is 0. The Kier molecular flexibility index (Phi) is 8.22. The van der Waals surface area contributed by atoms with Crippen LogP contribution in [0.15, 0.2) is 18.2 Å². The monoisotopic (exact) mass is 319 g/mol. The number of carbonyl (C=O) groups is 2. The fourth-order valence-corrected chi connectivity index (χ4v) is 1.74. The fraction of sp³-hybridized carbons (Fsp3) is 0.385. The minimum Gasteiger partial charge on any atom is -0.347 e. The predicted molar refractivity (Wildman–Crippen MR) is 83.3 cm³/mol. The lowest BCUT2D eigenvalue weighted by Gasteiger charge is -2.09. The summed E-state index contributed by atoms with van der Waals surface area (Å²) in [4.78, 5) is 22.9. The van der Waals surface area contributed by atoms with Gasteiger partial charge in [-0.15, -0.1) is 12.4 Å². The van der Waals surface area contributed by atoms with Gasteiger partial charge in [-0.25, -0.2) is 0 Å². The van der Waals surface area contributed by atoms with Crippen LogP contribution in [0.1, 0.15) is 18.9 Å². The first-order valence-electron chi connectivity index (χ1n) is 5.96. The number of rotatable bonds is 5. The van der Waals surface area contributed by atoms with Crippen LogP contribution in [0.25, 0.3) is 0 Å². The molecule has 0 aromatic heterocycles. The molecule has 0 aliphatic rings. The largest absolute Gasteiger partial charge is 0.347 e. The molecule has 1 aromatic rings. The molecule has 20 heavy (non-hydrogen) atoms. The van der Waals surface area contributed by atoms with E-state index in [-0.39, 0.29) is 43.2 Å². The summed E-state index contributed by atoms with van der Waals surface area (Å²) in [5.74, 6) is -0.580. The molecule has 0 heterocycles. The molecule has 0 aliphatic carbocycles. The Morgan fingerprint density at radius 2 is 2.00 bits per heavy atom. The number of benzene rings is 1. The van der Waals surface area contributed by atoms with Gasteiger partial charge in [0.2, 0.25) is 11.8 Å². The molecule has 2 amide bonds. The zero-order valence-corrected chi connectivity index (χ0v) is 13.0. The van der Waals surface area contributed by atoms with Crippen molar-refractivity contribution in [2.45, 2.75) is 26.3 Å². The highest BCUT2D eigenvalue weighted by molar-refractivity contribution is 6.33. The second-order valence-electron chi connectivity index (χ2n) is 4.49. The smallest absolute Gasteiger partial charge is 0.243 e. The molecule has 1 rings (SSSR count). The standard InChI is InChI=1S/C13H18ClN3O2.ClH/c1-8-3-4-11(10(14)5-8)17-13(19)7-16-12(18)6-9(2)15;/h3-5,9H,6-7,15H2,1-2H3,(H,16,18)(H,17,19);1H. The second-order valence-corrected chi connectivity index (χ2v) is 4.90. The normalized spacial score (nSPS) is 11.2. The summed E-state index contributed by atoms with van der Waals surface area (Å²) in [6, 6.07) is 5.09. The molecule has 0 saturated carbocycles. The molecule has 5 nitrogen and oxygen atoms in total. The lowest BCUT2D eigenvalue weighted by Crippen LogP contribution is -2.35. The Morgan fingerprint density at radius 1 is 1.35 bits per heavy atom. The topological polar surface area (TPSA) is 84.2 Å². The molecule has 1 aromatic carbocycles. The molecule has 0 spiro atoms. The van der Waals surface area contributed by atoms with Crippen LogP contribution in [0.4, 0.5) is 5.69 Å². The van der Waals surface area contributed by atoms with E-state index < -0.39 is 0 Å². The van der Waals surface area contributed by atoms with Gasteiger partial charge in [-0.3, -0.25) is 9.59 Å². The molecule has 4 N–H and O–H groups in total. The van der Waals surface area contributed by atoms with Crippen molar-refractivity contribution in [3.8, 4) is 0 Å². The minimum atomic E-state index is -0.330. The van der Waals surface area contributed by atoms with Gasteiger partial charge < -0.3 is 16.4 Å². The number of hydrogen-bond acceptors (Lipinski definition) is 3. The Bertz CT molecular complexity index is 479. The van der Waals surface area contributed by atoms with Gasteiger partial charge in [0.25, 0.3) is 0 Å². The van der Waals surface area contributed by atoms with Gasteiger partial charge in [-0.2, -0.15) is 0 Å². The highest BCUT2D eigenvalue weighted by Crippen LogP contribution is 2.22. The molecular formula is C13H19Cl2N3O2. The van der Waals surface area contributed by atoms with E-state index in [1.807, 2.05) is 13.0 Å². The number of hydrogen-bond donors (Lipinski definition) is 3. The van der Waals surface area contributed by atoms with Crippen molar-refractivity contribution in [3.63, 3.8) is 0 Å². The summed E-state index contributed by atoms with van der Waals surface area (Å²) < 4.78 is 0. The van der Waals surface area contributed by atoms with Gasteiger partial charge in [-0.05, 0) is 31.5 Å². The van der Waals surface area contributed by atoms with Crippen LogP contribution in [0.2, 0.25) is 5.02 Å². The average Bonchev–Trinajstić information content (AvgIpc) is 2.29. The highest BCUT2D eigenvalue weighted by Gasteiger charge is 2.09. The molecule has 0 aliphatic heterocycles. The van der Waals surface area contributed by atoms with Crippen molar-refractivity contribution in [3.05, 3.63) is 28.8 Å². The van der Waals surface area contributed by atoms with Crippen molar-refractivity contribution in [1.29, 1.82) is 0 Å². The van der Waals surface area contributed by atoms with Crippen LogP contribution in [-0.2, 0) is 9.59 Å². The zero-order valence-electron chi connectivity index (χ0n) is 11.4. The second kappa shape index (κ2) is 8.79. The van der Waals surface area contributed by atoms with Crippen LogP contribution in [0.3, 0.4) is 0 Å². The number of nitrogens with two attached hydrogens (primary N) is 1. The maximum atomic E-state index is 11.6. The lowest BCUT2D eigenvalue weighted by molar-refractivity contribution is -0.124. The van der Waals surface area contributed by atoms with Gasteiger partial charge in [-0.1, -0.05) is 17.7 Å². The van der Waals surface area contributed by atoms with Crippen LogP contribution in [-0.4, -0.2) is 24.4 Å². The first kappa shape index (κ1) is 18.7. The summed E-state index contributed by atoms with van der Waals surface area (Å²) in [5.41, 5.74) is 7.01. The Labute approximate surface area is 129 Å². The summed E-state index contributed by atoms with van der Waals surface area (Å²) in [5, 5.41) is 5.59. The van der Waals surface area contributed by atoms with Crippen LogP contribution in [0.5, 0.6) is 0 Å². The highest BCUT2D eigenvalue weighted by atomic mass is 35.5. The van der Waals surface area contributed by atoms with Crippen molar-refractivity contribution < 1.29 is 9.59 Å². The predicted octanol–water partition coefficient (Wildman–Crippen LogP) is 1.86. The molecule has 0 fully saturated rings. The van der Waals surface area contributed by atoms with Gasteiger partial charge in [0.05, 0.1) is 17.3 Å². The third kappa shape index (κ3) is 6.75. The van der Waals surface area contributed by atoms with Gasteiger partial charge >= 0.3 is 0 Å². The van der Waals surface area contributed by atoms with E-state index in [9.17, 15) is 9.59 Å². The summed E-state index contributed by atoms with van der Waals surface area (Å²) in [7, 11) is 0. The Morgan fingerprint density at radius 3 is 2.55 bits per heavy atom. The number of aryl methyl sites for hydroxylation is 1. The number of amides is 2. The molecular weight excluding hydrogens is 301 g/mol. The lowest BCUT2D eigenvalue weighted by atomic mass is 10.2. The molecule has 1 unspecified atom stereocenters. The third-order valence-corrected chi connectivity index (χ3v) is 2.66. The first-order valence-corrected chi connectivity index (χ1v) is 6.34. The molecule has 1 atom stereocenters. The van der Waals surface area contributed by atoms with Crippen LogP contribution >= 0.6 is 24.0 Å². The van der Waals surface area contributed by atoms with Gasteiger partial charge in [0.1, 0.15) is 0 Å². The van der Waals surface area contributed by atoms with Gasteiger partial charge in [0, 0.05) is 12.5 Å². The maximum Gasteiger partial charge on any atom is 0.243 e. The summed E-state index contributed by atoms with van der Waals surface area (Å²) in [6.07, 6.45) is 0.193. The average molecular weight is 320 g/mol. The summed E-state index contributed by atoms with van der Waals surface area (Å²) in [6.45, 7) is 3.53. The van der Waals surface area contributed by atoms with Crippen LogP contribution < -0.4 is 16.4 Å². The van der Waals surface area contributed by atoms with E-state index in [1.54, 1.807) is 19.1 Å². The number of nitrogens with one attached hydrogen (secondary N) is 2. The van der Waals surface area contributed by atoms with E-state index in [2.05, 4.69) is 10.6 Å². The van der Waals surface area contributed by atoms with Crippen molar-refractivity contribution >= 4 is 41.5 Å². The number of carbonyl (C=O) groups excluding carboxylic acids is 2. The zero-order chi connectivity index (χ0) is 14.4. The number of anilines is 1. The van der Waals surface area contributed by atoms with E-state index in [1.165, 1.54) is 0 Å². The summed E-state index contributed by atoms with van der Waals surface area (Å²) >= 11 is 5.99. The van der Waals surface area contributed by atoms with E-state index in [0.29, 0.717) is 10.7 Å². The number of halogens is 2. The maximum absolute atomic E-state index is 11.6. The molecule has 0 bridgehead atoms. The van der Waals surface area contributed by atoms with E-state index >= 15 is 0 Å². The van der Waals surface area contributed by atoms with E-state index in [0.717, 1.165) is 5.56 Å². The van der Waals surface area contributed by atoms with E-state index in [4.69, 9.17) is 17.3 Å². The van der Waals surface area contributed by atoms with Crippen molar-refractivity contribution in [1.82, 2.24) is 5.32 Å². The molecule has 7 heteroatoms.